The Balaban J connectivity index is 1.98. The van der Waals surface area contributed by atoms with E-state index in [-0.39, 0.29) is 12.1 Å². The Morgan fingerprint density at radius 1 is 1.35 bits per heavy atom. The maximum absolute atomic E-state index is 10.2. The fraction of sp³-hybridized carbons (Fsp3) is 0.500. The minimum absolute atomic E-state index is 0.220. The molecular weight excluding hydrogens is 212 g/mol. The van der Waals surface area contributed by atoms with Gasteiger partial charge in [-0.25, -0.2) is 0 Å². The van der Waals surface area contributed by atoms with Gasteiger partial charge in [0.15, 0.2) is 0 Å². The van der Waals surface area contributed by atoms with Gasteiger partial charge in [0.05, 0.1) is 17.7 Å². The Morgan fingerprint density at radius 3 is 3.06 bits per heavy atom. The highest BCUT2D eigenvalue weighted by atomic mass is 16.3. The fourth-order valence-electron chi connectivity index (χ4n) is 2.95. The smallest absolute Gasteiger partial charge is 0.0749 e. The van der Waals surface area contributed by atoms with Crippen LogP contribution < -0.4 is 0 Å². The molecule has 0 bridgehead atoms. The average molecular weight is 230 g/mol. The number of pyridine rings is 1. The number of aliphatic hydroxyl groups is 1. The summed E-state index contributed by atoms with van der Waals surface area (Å²) in [5.74, 6) is 0.643. The van der Waals surface area contributed by atoms with Gasteiger partial charge < -0.3 is 9.67 Å². The van der Waals surface area contributed by atoms with Crippen molar-refractivity contribution in [1.29, 1.82) is 0 Å². The zero-order valence-electron chi connectivity index (χ0n) is 10.1. The molecule has 1 unspecified atom stereocenters. The normalized spacial score (nSPS) is 29.6. The van der Waals surface area contributed by atoms with Crippen LogP contribution in [0.3, 0.4) is 0 Å². The highest BCUT2D eigenvalue weighted by Gasteiger charge is 2.28. The molecule has 17 heavy (non-hydrogen) atoms. The van der Waals surface area contributed by atoms with Crippen LogP contribution in [0.5, 0.6) is 0 Å². The molecule has 1 fully saturated rings. The summed E-state index contributed by atoms with van der Waals surface area (Å²) in [6, 6.07) is 4.33. The zero-order valence-corrected chi connectivity index (χ0v) is 10.1. The van der Waals surface area contributed by atoms with Crippen molar-refractivity contribution in [1.82, 2.24) is 9.55 Å². The fourth-order valence-corrected chi connectivity index (χ4v) is 2.95. The van der Waals surface area contributed by atoms with Crippen LogP contribution in [0.25, 0.3) is 10.9 Å². The van der Waals surface area contributed by atoms with Gasteiger partial charge in [0.2, 0.25) is 0 Å². The van der Waals surface area contributed by atoms with Crippen LogP contribution in [0, 0.1) is 5.92 Å². The number of hydrogen-bond acceptors (Lipinski definition) is 2. The van der Waals surface area contributed by atoms with Crippen molar-refractivity contribution in [2.75, 3.05) is 0 Å². The summed E-state index contributed by atoms with van der Waals surface area (Å²) in [4.78, 5) is 4.13. The van der Waals surface area contributed by atoms with Gasteiger partial charge in [-0.2, -0.15) is 0 Å². The van der Waals surface area contributed by atoms with E-state index in [0.717, 1.165) is 18.2 Å². The molecule has 0 amide bonds. The summed E-state index contributed by atoms with van der Waals surface area (Å²) in [5.41, 5.74) is 1.18. The predicted octanol–water partition coefficient (Wildman–Crippen LogP) is 2.76. The van der Waals surface area contributed by atoms with Crippen molar-refractivity contribution in [3.8, 4) is 0 Å². The van der Waals surface area contributed by atoms with Crippen molar-refractivity contribution < 1.29 is 5.11 Å². The van der Waals surface area contributed by atoms with E-state index in [0.29, 0.717) is 5.92 Å². The van der Waals surface area contributed by atoms with Gasteiger partial charge in [0.25, 0.3) is 0 Å². The molecule has 0 saturated heterocycles. The van der Waals surface area contributed by atoms with Gasteiger partial charge in [-0.3, -0.25) is 4.98 Å². The molecular formula is C14H18N2O. The van der Waals surface area contributed by atoms with Gasteiger partial charge in [-0.05, 0) is 37.3 Å². The first-order valence-electron chi connectivity index (χ1n) is 6.34. The summed E-state index contributed by atoms with van der Waals surface area (Å²) in [7, 11) is 0. The third-order valence-corrected chi connectivity index (χ3v) is 3.92. The lowest BCUT2D eigenvalue weighted by molar-refractivity contribution is 0.0566. The number of hydrogen-bond donors (Lipinski definition) is 1. The molecule has 0 spiro atoms. The van der Waals surface area contributed by atoms with Crippen molar-refractivity contribution in [2.24, 2.45) is 5.92 Å². The quantitative estimate of drug-likeness (QED) is 0.818. The Kier molecular flexibility index (Phi) is 2.63. The second kappa shape index (κ2) is 4.15. The molecule has 3 atom stereocenters. The number of fused-ring (bicyclic) bond motifs is 1. The van der Waals surface area contributed by atoms with Crippen molar-refractivity contribution in [3.63, 3.8) is 0 Å². The van der Waals surface area contributed by atoms with E-state index in [2.05, 4.69) is 28.7 Å². The lowest BCUT2D eigenvalue weighted by Crippen LogP contribution is -2.30. The molecule has 2 heterocycles. The largest absolute Gasteiger partial charge is 0.391 e. The first kappa shape index (κ1) is 10.8. The first-order valence-corrected chi connectivity index (χ1v) is 6.34. The van der Waals surface area contributed by atoms with E-state index in [4.69, 9.17) is 0 Å². The van der Waals surface area contributed by atoms with E-state index in [1.807, 2.05) is 18.5 Å². The molecule has 2 aromatic rings. The van der Waals surface area contributed by atoms with Crippen molar-refractivity contribution in [3.05, 3.63) is 30.7 Å². The Hall–Kier alpha value is -1.35. The van der Waals surface area contributed by atoms with Gasteiger partial charge in [0.1, 0.15) is 0 Å². The average Bonchev–Trinajstić information content (AvgIpc) is 2.73. The number of aromatic nitrogens is 2. The molecule has 1 aliphatic carbocycles. The lowest BCUT2D eigenvalue weighted by Gasteiger charge is -2.33. The van der Waals surface area contributed by atoms with E-state index in [1.165, 1.54) is 11.9 Å². The molecule has 1 N–H and O–H groups in total. The molecule has 1 saturated carbocycles. The third-order valence-electron chi connectivity index (χ3n) is 3.92. The van der Waals surface area contributed by atoms with Gasteiger partial charge in [-0.1, -0.05) is 6.92 Å². The standard InChI is InChI=1S/C14H18N2O/c1-10-2-3-13(14(17)8-10)16-7-5-11-9-15-6-4-12(11)16/h4-7,9-10,13-14,17H,2-3,8H2,1H3/t10?,13-,14-/m1/s1. The van der Waals surface area contributed by atoms with Crippen molar-refractivity contribution in [2.45, 2.75) is 38.3 Å². The van der Waals surface area contributed by atoms with Crippen LogP contribution in [-0.2, 0) is 0 Å². The number of aliphatic hydroxyl groups excluding tert-OH is 1. The zero-order chi connectivity index (χ0) is 11.8. The molecule has 0 radical (unpaired) electrons. The summed E-state index contributed by atoms with van der Waals surface area (Å²) in [6.07, 6.45) is 8.73. The van der Waals surface area contributed by atoms with E-state index >= 15 is 0 Å². The van der Waals surface area contributed by atoms with Crippen LogP contribution in [0.2, 0.25) is 0 Å². The van der Waals surface area contributed by atoms with Crippen molar-refractivity contribution >= 4 is 10.9 Å². The highest BCUT2D eigenvalue weighted by molar-refractivity contribution is 5.79. The molecule has 3 rings (SSSR count). The number of nitrogens with zero attached hydrogens (tertiary/aromatic N) is 2. The van der Waals surface area contributed by atoms with Crippen LogP contribution in [0.4, 0.5) is 0 Å². The first-order chi connectivity index (χ1) is 8.25. The predicted molar refractivity (Wildman–Crippen MR) is 67.8 cm³/mol. The van der Waals surface area contributed by atoms with Crippen LogP contribution >= 0.6 is 0 Å². The SMILES string of the molecule is CC1CC[C@@H](n2ccc3cnccc32)[C@H](O)C1. The molecule has 3 nitrogen and oxygen atoms in total. The van der Waals surface area contributed by atoms with Gasteiger partial charge >= 0.3 is 0 Å². The molecule has 0 aliphatic heterocycles. The van der Waals surface area contributed by atoms with Crippen LogP contribution in [0.1, 0.15) is 32.2 Å². The summed E-state index contributed by atoms with van der Waals surface area (Å²) >= 11 is 0. The summed E-state index contributed by atoms with van der Waals surface area (Å²) in [5, 5.41) is 11.4. The second-order valence-corrected chi connectivity index (χ2v) is 5.21. The topological polar surface area (TPSA) is 38.0 Å². The highest BCUT2D eigenvalue weighted by Crippen LogP contribution is 2.34. The van der Waals surface area contributed by atoms with Crippen LogP contribution in [0.15, 0.2) is 30.7 Å². The Morgan fingerprint density at radius 2 is 2.24 bits per heavy atom. The maximum atomic E-state index is 10.2. The maximum Gasteiger partial charge on any atom is 0.0749 e. The number of rotatable bonds is 1. The molecule has 1 aliphatic rings. The third kappa shape index (κ3) is 1.84. The minimum atomic E-state index is -0.220. The summed E-state index contributed by atoms with van der Waals surface area (Å²) < 4.78 is 2.22. The minimum Gasteiger partial charge on any atom is -0.391 e. The molecule has 2 aromatic heterocycles. The molecule has 3 heteroatoms. The monoisotopic (exact) mass is 230 g/mol. The van der Waals surface area contributed by atoms with E-state index < -0.39 is 0 Å². The van der Waals surface area contributed by atoms with Gasteiger partial charge in [0, 0.05) is 24.0 Å². The molecule has 0 aromatic carbocycles. The lowest BCUT2D eigenvalue weighted by atomic mass is 9.85. The van der Waals surface area contributed by atoms with E-state index in [1.54, 1.807) is 0 Å². The van der Waals surface area contributed by atoms with E-state index in [9.17, 15) is 5.11 Å². The Labute approximate surface area is 101 Å². The van der Waals surface area contributed by atoms with Gasteiger partial charge in [-0.15, -0.1) is 0 Å². The second-order valence-electron chi connectivity index (χ2n) is 5.21. The van der Waals surface area contributed by atoms with Crippen LogP contribution in [-0.4, -0.2) is 20.8 Å². The summed E-state index contributed by atoms with van der Waals surface area (Å²) in [6.45, 7) is 2.22. The Bertz CT molecular complexity index is 520. The molecule has 90 valence electrons.